The molecule has 0 saturated carbocycles. The molecule has 282 valence electrons. The summed E-state index contributed by atoms with van der Waals surface area (Å²) in [6.07, 6.45) is 4.24. The van der Waals surface area contributed by atoms with Gasteiger partial charge in [0.25, 0.3) is 0 Å². The maximum Gasteiger partial charge on any atom is 0.338 e. The van der Waals surface area contributed by atoms with E-state index in [4.69, 9.17) is 39.7 Å². The van der Waals surface area contributed by atoms with E-state index in [1.807, 2.05) is 48.5 Å². The van der Waals surface area contributed by atoms with Crippen LogP contribution in [0.4, 0.5) is 17.1 Å². The van der Waals surface area contributed by atoms with E-state index in [0.717, 1.165) is 23.1 Å². The highest BCUT2D eigenvalue weighted by Crippen LogP contribution is 2.37. The molecular weight excluding hydrogens is 702 g/mol. The number of aromatic nitrogens is 2. The summed E-state index contributed by atoms with van der Waals surface area (Å²) >= 11 is 0. The summed E-state index contributed by atoms with van der Waals surface area (Å²) in [5.74, 6) is 0.983. The van der Waals surface area contributed by atoms with Crippen LogP contribution in [0.25, 0.3) is 16.1 Å². The molecule has 1 fully saturated rings. The highest BCUT2D eigenvalue weighted by Gasteiger charge is 2.23. The number of carbonyl (C=O) groups is 2. The largest absolute Gasteiger partial charge is 0.493 e. The minimum absolute atomic E-state index is 0.00212. The fourth-order valence-corrected chi connectivity index (χ4v) is 6.35. The fourth-order valence-electron chi connectivity index (χ4n) is 6.35. The number of amides is 1. The van der Waals surface area contributed by atoms with E-state index in [0.29, 0.717) is 97.2 Å². The molecule has 5 aromatic rings. The monoisotopic (exact) mass is 743 g/mol. The van der Waals surface area contributed by atoms with Crippen molar-refractivity contribution in [3.05, 3.63) is 118 Å². The molecule has 2 aliphatic heterocycles. The molecule has 4 heterocycles. The summed E-state index contributed by atoms with van der Waals surface area (Å²) in [5.41, 5.74) is 6.57. The van der Waals surface area contributed by atoms with Gasteiger partial charge in [0.2, 0.25) is 11.8 Å². The van der Waals surface area contributed by atoms with Gasteiger partial charge in [0.1, 0.15) is 30.1 Å². The number of pyridine rings is 1. The number of hydrogen-bond donors (Lipinski definition) is 2. The van der Waals surface area contributed by atoms with Crippen LogP contribution in [0.1, 0.15) is 51.5 Å². The number of rotatable bonds is 11. The second-order valence-electron chi connectivity index (χ2n) is 13.2. The van der Waals surface area contributed by atoms with E-state index < -0.39 is 5.97 Å². The lowest BCUT2D eigenvalue weighted by Crippen LogP contribution is -2.33. The normalized spacial score (nSPS) is 14.7. The van der Waals surface area contributed by atoms with Gasteiger partial charge >= 0.3 is 5.97 Å². The molecule has 1 saturated heterocycles. The lowest BCUT2D eigenvalue weighted by Gasteiger charge is -2.28. The molecule has 2 N–H and O–H groups in total. The Morgan fingerprint density at radius 1 is 1.02 bits per heavy atom. The number of nitrogens with one attached hydrogen (secondary N) is 2. The van der Waals surface area contributed by atoms with Gasteiger partial charge in [0.05, 0.1) is 62.1 Å². The average molecular weight is 744 g/mol. The number of methoxy groups -OCH3 is 1. The first-order valence-corrected chi connectivity index (χ1v) is 18.2. The van der Waals surface area contributed by atoms with Crippen molar-refractivity contribution in [1.29, 1.82) is 0 Å². The third kappa shape index (κ3) is 9.23. The molecule has 4 bridgehead atoms. The number of ether oxygens (including phenoxy) is 5. The zero-order chi connectivity index (χ0) is 38.1. The fraction of sp³-hybridized carbons (Fsp3) is 0.310. The molecule has 13 heteroatoms. The molecule has 55 heavy (non-hydrogen) atoms. The van der Waals surface area contributed by atoms with E-state index in [9.17, 15) is 9.59 Å². The Morgan fingerprint density at radius 2 is 1.91 bits per heavy atom. The first-order chi connectivity index (χ1) is 26.8. The molecule has 2 aromatic heterocycles. The van der Waals surface area contributed by atoms with Gasteiger partial charge in [-0.05, 0) is 49.1 Å². The second kappa shape index (κ2) is 17.2. The molecule has 13 nitrogen and oxygen atoms in total. The molecule has 0 aliphatic carbocycles. The second-order valence-corrected chi connectivity index (χ2v) is 13.2. The zero-order valence-electron chi connectivity index (χ0n) is 30.7. The number of carbonyl (C=O) groups excluding carboxylic acids is 2. The molecule has 1 amide bonds. The molecule has 0 unspecified atom stereocenters. The Hall–Kier alpha value is -6.39. The molecule has 1 atom stereocenters. The number of oxazole rings is 1. The first-order valence-electron chi connectivity index (χ1n) is 18.2. The Kier molecular flexibility index (Phi) is 11.5. The SMILES string of the molecule is [C-]#[N+]c1ccc2c(c1)CCCOc1cc(ccc1CC(=O)Nc1c(NC[C@@H]3CCO3)cc(C(=O)OC)cc1OCCc1coc(C)n1)-c1cccc(n1)OC2. The third-order valence-electron chi connectivity index (χ3n) is 9.36. The summed E-state index contributed by atoms with van der Waals surface area (Å²) in [6, 6.07) is 20.1. The van der Waals surface area contributed by atoms with E-state index >= 15 is 0 Å². The summed E-state index contributed by atoms with van der Waals surface area (Å²) in [5, 5.41) is 6.40. The van der Waals surface area contributed by atoms with Crippen molar-refractivity contribution in [2.75, 3.05) is 44.1 Å². The smallest absolute Gasteiger partial charge is 0.338 e. The number of esters is 1. The van der Waals surface area contributed by atoms with E-state index in [1.54, 1.807) is 31.4 Å². The number of anilines is 2. The average Bonchev–Trinajstić information content (AvgIpc) is 3.60. The predicted octanol–water partition coefficient (Wildman–Crippen LogP) is 7.29. The minimum atomic E-state index is -0.549. The van der Waals surface area contributed by atoms with Gasteiger partial charge in [0.15, 0.2) is 11.6 Å². The van der Waals surface area contributed by atoms with Crippen LogP contribution in [0.5, 0.6) is 17.4 Å². The zero-order valence-corrected chi connectivity index (χ0v) is 30.7. The Bertz CT molecular complexity index is 2220. The van der Waals surface area contributed by atoms with Gasteiger partial charge in [0, 0.05) is 43.7 Å². The number of nitrogens with zero attached hydrogens (tertiary/aromatic N) is 3. The standard InChI is InChI=1S/C42H41N5O8/c1-26-45-33(25-54-26)13-16-53-38-21-31(42(49)50-3)19-36(44-23-34-14-17-51-34)41(38)47-39(48)22-29-10-9-28-20-37(29)52-15-5-6-27-18-32(43-2)12-11-30(27)24-55-40-8-4-7-35(28)46-40/h4,7-12,18-21,25,34,44H,5-6,13-17,22-24H2,1,3H3,(H,47,48)/t34-/m0/s1. The van der Waals surface area contributed by atoms with Gasteiger partial charge in [-0.2, -0.15) is 0 Å². The van der Waals surface area contributed by atoms with Crippen LogP contribution < -0.4 is 24.8 Å². The summed E-state index contributed by atoms with van der Waals surface area (Å²) in [7, 11) is 1.31. The van der Waals surface area contributed by atoms with Gasteiger partial charge in [-0.25, -0.2) is 19.6 Å². The van der Waals surface area contributed by atoms with Crippen molar-refractivity contribution in [2.24, 2.45) is 0 Å². The highest BCUT2D eigenvalue weighted by molar-refractivity contribution is 6.00. The van der Waals surface area contributed by atoms with Crippen LogP contribution in [0, 0.1) is 13.5 Å². The van der Waals surface area contributed by atoms with Gasteiger partial charge in [-0.1, -0.05) is 42.0 Å². The summed E-state index contributed by atoms with van der Waals surface area (Å²) in [4.78, 5) is 39.4. The maximum atomic E-state index is 14.0. The van der Waals surface area contributed by atoms with Crippen LogP contribution >= 0.6 is 0 Å². The quantitative estimate of drug-likeness (QED) is 0.104. The first kappa shape index (κ1) is 36.9. The minimum Gasteiger partial charge on any atom is -0.493 e. The van der Waals surface area contributed by atoms with E-state index in [1.165, 1.54) is 7.11 Å². The molecule has 3 aromatic carbocycles. The number of benzene rings is 3. The number of aryl methyl sites for hydroxylation is 2. The number of hydrogen-bond acceptors (Lipinski definition) is 11. The topological polar surface area (TPSA) is 148 Å². The van der Waals surface area contributed by atoms with Crippen LogP contribution in [0.15, 0.2) is 77.4 Å². The van der Waals surface area contributed by atoms with Crippen molar-refractivity contribution in [3.63, 3.8) is 0 Å². The lowest BCUT2D eigenvalue weighted by molar-refractivity contribution is -0.115. The molecular formula is C42H41N5O8. The Morgan fingerprint density at radius 3 is 2.69 bits per heavy atom. The van der Waals surface area contributed by atoms with Crippen molar-refractivity contribution >= 4 is 28.9 Å². The van der Waals surface area contributed by atoms with Crippen LogP contribution in [-0.4, -0.2) is 61.4 Å². The van der Waals surface area contributed by atoms with Gasteiger partial charge in [-0.15, -0.1) is 0 Å². The molecule has 0 spiro atoms. The van der Waals surface area contributed by atoms with Crippen LogP contribution in [0.3, 0.4) is 0 Å². The molecule has 2 aliphatic rings. The lowest BCUT2D eigenvalue weighted by atomic mass is 10.0. The van der Waals surface area contributed by atoms with Crippen molar-refractivity contribution < 1.29 is 37.7 Å². The van der Waals surface area contributed by atoms with Crippen molar-refractivity contribution in [3.8, 4) is 28.6 Å². The van der Waals surface area contributed by atoms with E-state index in [2.05, 4.69) is 20.5 Å². The van der Waals surface area contributed by atoms with Crippen LogP contribution in [-0.2, 0) is 40.1 Å². The van der Waals surface area contributed by atoms with Crippen molar-refractivity contribution in [2.45, 2.75) is 51.7 Å². The Labute approximate surface area is 318 Å². The van der Waals surface area contributed by atoms with E-state index in [-0.39, 0.29) is 36.4 Å². The molecule has 7 rings (SSSR count). The predicted molar refractivity (Wildman–Crippen MR) is 204 cm³/mol. The maximum absolute atomic E-state index is 14.0. The van der Waals surface area contributed by atoms with Crippen molar-refractivity contribution in [1.82, 2.24) is 9.97 Å². The van der Waals surface area contributed by atoms with Gasteiger partial charge in [-0.3, -0.25) is 4.79 Å². The number of fused-ring (bicyclic) bond motifs is 6. The summed E-state index contributed by atoms with van der Waals surface area (Å²) in [6.45, 7) is 11.3. The van der Waals surface area contributed by atoms with Crippen LogP contribution in [0.2, 0.25) is 0 Å². The Balaban J connectivity index is 1.16. The van der Waals surface area contributed by atoms with Gasteiger partial charge < -0.3 is 38.7 Å². The summed E-state index contributed by atoms with van der Waals surface area (Å²) < 4.78 is 34.7. The third-order valence-corrected chi connectivity index (χ3v) is 9.36. The highest BCUT2D eigenvalue weighted by atomic mass is 16.5. The molecule has 0 radical (unpaired) electrons.